The van der Waals surface area contributed by atoms with Crippen molar-refractivity contribution in [1.82, 2.24) is 9.55 Å². The smallest absolute Gasteiger partial charge is 0.399 e. The van der Waals surface area contributed by atoms with Gasteiger partial charge >= 0.3 is 7.12 Å². The Morgan fingerprint density at radius 2 is 1.75 bits per heavy atom. The van der Waals surface area contributed by atoms with Crippen molar-refractivity contribution in [2.24, 2.45) is 0 Å². The number of hydrogen-bond acceptors (Lipinski definition) is 4. The molecule has 4 rings (SSSR count). The van der Waals surface area contributed by atoms with Gasteiger partial charge in [0.2, 0.25) is 0 Å². The van der Waals surface area contributed by atoms with Crippen molar-refractivity contribution in [3.63, 3.8) is 0 Å². The molecular formula is C21H22BFN2O3. The van der Waals surface area contributed by atoms with Gasteiger partial charge in [-0.2, -0.15) is 0 Å². The molecule has 7 heteroatoms. The predicted octanol–water partition coefficient (Wildman–Crippen LogP) is 3.13. The molecule has 1 aromatic heterocycles. The molecule has 1 aliphatic heterocycles. The van der Waals surface area contributed by atoms with Gasteiger partial charge in [0, 0.05) is 6.07 Å². The van der Waals surface area contributed by atoms with E-state index in [-0.39, 0.29) is 5.56 Å². The molecule has 1 saturated heterocycles. The molecule has 0 amide bonds. The maximum absolute atomic E-state index is 13.4. The molecule has 0 atom stereocenters. The Labute approximate surface area is 163 Å². The van der Waals surface area contributed by atoms with Gasteiger partial charge in [-0.15, -0.1) is 0 Å². The summed E-state index contributed by atoms with van der Waals surface area (Å²) in [5.74, 6) is -0.420. The van der Waals surface area contributed by atoms with Crippen LogP contribution < -0.4 is 11.0 Å². The Kier molecular flexibility index (Phi) is 4.21. The maximum Gasteiger partial charge on any atom is 0.495 e. The molecule has 5 nitrogen and oxygen atoms in total. The fourth-order valence-electron chi connectivity index (χ4n) is 3.39. The Balaban J connectivity index is 1.82. The standard InChI is InChI=1S/C21H22BFN2O3/c1-13-16(22-27-20(2,3)21(4,5)28-22)7-6-8-18(13)25-12-24-17-11-14(23)9-10-15(17)19(25)26/h6-12H,1-5H3. The van der Waals surface area contributed by atoms with E-state index in [1.807, 2.05) is 52.8 Å². The van der Waals surface area contributed by atoms with Gasteiger partial charge in [-0.25, -0.2) is 9.37 Å². The van der Waals surface area contributed by atoms with Crippen LogP contribution in [0.15, 0.2) is 47.5 Å². The molecule has 2 heterocycles. The van der Waals surface area contributed by atoms with Crippen LogP contribution in [0, 0.1) is 12.7 Å². The van der Waals surface area contributed by atoms with E-state index < -0.39 is 24.1 Å². The number of hydrogen-bond donors (Lipinski definition) is 0. The Bertz CT molecular complexity index is 1120. The highest BCUT2D eigenvalue weighted by molar-refractivity contribution is 6.62. The van der Waals surface area contributed by atoms with Crippen LogP contribution in [0.3, 0.4) is 0 Å². The van der Waals surface area contributed by atoms with Gasteiger partial charge in [0.25, 0.3) is 5.56 Å². The van der Waals surface area contributed by atoms with E-state index in [1.54, 1.807) is 0 Å². The molecule has 0 N–H and O–H groups in total. The van der Waals surface area contributed by atoms with Crippen LogP contribution in [0.4, 0.5) is 4.39 Å². The van der Waals surface area contributed by atoms with Gasteiger partial charge < -0.3 is 9.31 Å². The number of fused-ring (bicyclic) bond motifs is 1. The Morgan fingerprint density at radius 3 is 2.43 bits per heavy atom. The fraction of sp³-hybridized carbons (Fsp3) is 0.333. The zero-order chi connectivity index (χ0) is 20.3. The zero-order valence-corrected chi connectivity index (χ0v) is 16.6. The van der Waals surface area contributed by atoms with Crippen molar-refractivity contribution in [1.29, 1.82) is 0 Å². The van der Waals surface area contributed by atoms with E-state index in [9.17, 15) is 9.18 Å². The van der Waals surface area contributed by atoms with Crippen LogP contribution in [0.1, 0.15) is 33.3 Å². The molecule has 3 aromatic rings. The number of nitrogens with zero attached hydrogens (tertiary/aromatic N) is 2. The van der Waals surface area contributed by atoms with Crippen molar-refractivity contribution < 1.29 is 13.7 Å². The first-order valence-corrected chi connectivity index (χ1v) is 9.23. The van der Waals surface area contributed by atoms with Crippen molar-refractivity contribution in [2.45, 2.75) is 45.8 Å². The van der Waals surface area contributed by atoms with Crippen LogP contribution in [-0.4, -0.2) is 27.9 Å². The first-order chi connectivity index (χ1) is 13.1. The van der Waals surface area contributed by atoms with E-state index >= 15 is 0 Å². The summed E-state index contributed by atoms with van der Waals surface area (Å²) < 4.78 is 27.2. The molecular weight excluding hydrogens is 358 g/mol. The highest BCUT2D eigenvalue weighted by Gasteiger charge is 2.52. The normalized spacial score (nSPS) is 18.0. The van der Waals surface area contributed by atoms with Gasteiger partial charge in [0.15, 0.2) is 0 Å². The largest absolute Gasteiger partial charge is 0.495 e. The highest BCUT2D eigenvalue weighted by atomic mass is 19.1. The SMILES string of the molecule is Cc1c(B2OC(C)(C)C(C)(C)O2)cccc1-n1cnc2cc(F)ccc2c1=O. The number of benzene rings is 2. The third-order valence-corrected chi connectivity index (χ3v) is 5.84. The Morgan fingerprint density at radius 1 is 1.07 bits per heavy atom. The minimum atomic E-state index is -0.525. The second kappa shape index (κ2) is 6.25. The topological polar surface area (TPSA) is 53.4 Å². The average Bonchev–Trinajstić information content (AvgIpc) is 2.83. The second-order valence-electron chi connectivity index (χ2n) is 8.16. The third-order valence-electron chi connectivity index (χ3n) is 5.84. The predicted molar refractivity (Wildman–Crippen MR) is 108 cm³/mol. The average molecular weight is 380 g/mol. The summed E-state index contributed by atoms with van der Waals surface area (Å²) in [6, 6.07) is 9.64. The number of rotatable bonds is 2. The van der Waals surface area contributed by atoms with Crippen LogP contribution in [-0.2, 0) is 9.31 Å². The monoisotopic (exact) mass is 380 g/mol. The molecule has 1 aliphatic rings. The summed E-state index contributed by atoms with van der Waals surface area (Å²) >= 11 is 0. The van der Waals surface area contributed by atoms with Crippen LogP contribution in [0.25, 0.3) is 16.6 Å². The van der Waals surface area contributed by atoms with E-state index in [4.69, 9.17) is 9.31 Å². The molecule has 144 valence electrons. The molecule has 0 unspecified atom stereocenters. The van der Waals surface area contributed by atoms with Crippen LogP contribution in [0.5, 0.6) is 0 Å². The lowest BCUT2D eigenvalue weighted by molar-refractivity contribution is 0.00578. The van der Waals surface area contributed by atoms with Crippen LogP contribution in [0.2, 0.25) is 0 Å². The van der Waals surface area contributed by atoms with E-state index in [1.165, 1.54) is 29.1 Å². The lowest BCUT2D eigenvalue weighted by atomic mass is 9.76. The summed E-state index contributed by atoms with van der Waals surface area (Å²) in [6.45, 7) is 9.94. The second-order valence-corrected chi connectivity index (χ2v) is 8.16. The summed E-state index contributed by atoms with van der Waals surface area (Å²) in [5.41, 5.74) is 1.60. The molecule has 0 bridgehead atoms. The Hall–Kier alpha value is -2.51. The lowest BCUT2D eigenvalue weighted by Crippen LogP contribution is -2.41. The molecule has 28 heavy (non-hydrogen) atoms. The minimum absolute atomic E-state index is 0.251. The van der Waals surface area contributed by atoms with Crippen molar-refractivity contribution in [3.8, 4) is 5.69 Å². The van der Waals surface area contributed by atoms with Gasteiger partial charge in [-0.05, 0) is 63.8 Å². The molecule has 0 spiro atoms. The molecule has 0 radical (unpaired) electrons. The van der Waals surface area contributed by atoms with Crippen LogP contribution >= 0.6 is 0 Å². The first-order valence-electron chi connectivity index (χ1n) is 9.23. The summed E-state index contributed by atoms with van der Waals surface area (Å²) in [7, 11) is -0.525. The summed E-state index contributed by atoms with van der Waals surface area (Å²) in [6.07, 6.45) is 1.43. The number of aromatic nitrogens is 2. The van der Waals surface area contributed by atoms with Gasteiger partial charge in [0.05, 0.1) is 27.8 Å². The first kappa shape index (κ1) is 18.8. The minimum Gasteiger partial charge on any atom is -0.399 e. The zero-order valence-electron chi connectivity index (χ0n) is 16.6. The highest BCUT2D eigenvalue weighted by Crippen LogP contribution is 2.36. The van der Waals surface area contributed by atoms with Gasteiger partial charge in [-0.3, -0.25) is 9.36 Å². The quantitative estimate of drug-likeness (QED) is 0.641. The van der Waals surface area contributed by atoms with Gasteiger partial charge in [0.1, 0.15) is 12.1 Å². The molecule has 0 aliphatic carbocycles. The summed E-state index contributed by atoms with van der Waals surface area (Å²) in [5, 5.41) is 0.365. The fourth-order valence-corrected chi connectivity index (χ4v) is 3.39. The van der Waals surface area contributed by atoms with E-state index in [0.29, 0.717) is 16.6 Å². The third kappa shape index (κ3) is 2.86. The van der Waals surface area contributed by atoms with E-state index in [0.717, 1.165) is 11.0 Å². The maximum atomic E-state index is 13.4. The van der Waals surface area contributed by atoms with Crippen molar-refractivity contribution in [2.75, 3.05) is 0 Å². The molecule has 2 aromatic carbocycles. The summed E-state index contributed by atoms with van der Waals surface area (Å²) in [4.78, 5) is 17.2. The molecule has 1 fully saturated rings. The lowest BCUT2D eigenvalue weighted by Gasteiger charge is -2.32. The van der Waals surface area contributed by atoms with Crippen molar-refractivity contribution >= 4 is 23.5 Å². The molecule has 0 saturated carbocycles. The van der Waals surface area contributed by atoms with E-state index in [2.05, 4.69) is 4.98 Å². The number of halogens is 1. The van der Waals surface area contributed by atoms with Crippen molar-refractivity contribution in [3.05, 3.63) is 64.5 Å². The van der Waals surface area contributed by atoms with Gasteiger partial charge in [-0.1, -0.05) is 12.1 Å².